The van der Waals surface area contributed by atoms with E-state index in [9.17, 15) is 19.5 Å². The van der Waals surface area contributed by atoms with E-state index in [0.717, 1.165) is 0 Å². The first-order valence-electron chi connectivity index (χ1n) is 9.85. The number of nitrogens with one attached hydrogen (secondary N) is 2. The topological polar surface area (TPSA) is 114 Å². The molecule has 1 heterocycles. The standard InChI is InChI=1S/C23H24N2O6/c1-14(2)10-18(23(28)29)25-22(27)17(24-21(26)16-6-4-3-5-7-16)11-15-8-9-19-20(12-15)31-13-30-19/h3-9,11-12,14,18H,10,13H2,1-2H3,(H,24,26)(H,25,27)(H,28,29)/b17-11+. The van der Waals surface area contributed by atoms with Gasteiger partial charge in [-0.05, 0) is 48.2 Å². The fourth-order valence-corrected chi connectivity index (χ4v) is 3.04. The highest BCUT2D eigenvalue weighted by molar-refractivity contribution is 6.06. The molecule has 2 amide bonds. The van der Waals surface area contributed by atoms with Gasteiger partial charge in [-0.2, -0.15) is 0 Å². The van der Waals surface area contributed by atoms with Gasteiger partial charge in [0.15, 0.2) is 11.5 Å². The van der Waals surface area contributed by atoms with E-state index in [1.165, 1.54) is 6.08 Å². The summed E-state index contributed by atoms with van der Waals surface area (Å²) in [6, 6.07) is 12.4. The van der Waals surface area contributed by atoms with Gasteiger partial charge < -0.3 is 25.2 Å². The first kappa shape index (κ1) is 21.9. The predicted octanol–water partition coefficient (Wildman–Crippen LogP) is 2.80. The van der Waals surface area contributed by atoms with Gasteiger partial charge >= 0.3 is 5.97 Å². The number of benzene rings is 2. The SMILES string of the molecule is CC(C)CC(NC(=O)/C(=C\c1ccc2c(c1)OCO2)NC(=O)c1ccccc1)C(=O)O. The van der Waals surface area contributed by atoms with E-state index in [4.69, 9.17) is 9.47 Å². The van der Waals surface area contributed by atoms with Gasteiger partial charge in [-0.25, -0.2) is 4.79 Å². The highest BCUT2D eigenvalue weighted by atomic mass is 16.7. The van der Waals surface area contributed by atoms with Crippen molar-refractivity contribution in [3.8, 4) is 11.5 Å². The zero-order valence-electron chi connectivity index (χ0n) is 17.3. The summed E-state index contributed by atoms with van der Waals surface area (Å²) >= 11 is 0. The van der Waals surface area contributed by atoms with E-state index in [-0.39, 0.29) is 24.8 Å². The van der Waals surface area contributed by atoms with Crippen molar-refractivity contribution in [1.29, 1.82) is 0 Å². The molecule has 0 saturated carbocycles. The summed E-state index contributed by atoms with van der Waals surface area (Å²) in [4.78, 5) is 37.1. The summed E-state index contributed by atoms with van der Waals surface area (Å²) in [7, 11) is 0. The number of carboxylic acid groups (broad SMARTS) is 1. The van der Waals surface area contributed by atoms with Gasteiger partial charge in [-0.3, -0.25) is 9.59 Å². The van der Waals surface area contributed by atoms with Crippen LogP contribution in [0.2, 0.25) is 0 Å². The van der Waals surface area contributed by atoms with E-state index in [1.807, 2.05) is 13.8 Å². The number of hydrogen-bond donors (Lipinski definition) is 3. The normalized spacial score (nSPS) is 13.6. The molecule has 2 aromatic rings. The van der Waals surface area contributed by atoms with E-state index in [0.29, 0.717) is 22.6 Å². The van der Waals surface area contributed by atoms with E-state index in [2.05, 4.69) is 10.6 Å². The fraction of sp³-hybridized carbons (Fsp3) is 0.261. The molecule has 1 unspecified atom stereocenters. The minimum atomic E-state index is -1.14. The van der Waals surface area contributed by atoms with E-state index >= 15 is 0 Å². The zero-order chi connectivity index (χ0) is 22.4. The Hall–Kier alpha value is -3.81. The maximum absolute atomic E-state index is 12.9. The van der Waals surface area contributed by atoms with Gasteiger partial charge in [-0.15, -0.1) is 0 Å². The molecule has 3 N–H and O–H groups in total. The Morgan fingerprint density at radius 3 is 2.45 bits per heavy atom. The quantitative estimate of drug-likeness (QED) is 0.562. The van der Waals surface area contributed by atoms with Gasteiger partial charge in [0.1, 0.15) is 11.7 Å². The molecule has 0 aliphatic carbocycles. The maximum Gasteiger partial charge on any atom is 0.326 e. The second kappa shape index (κ2) is 9.80. The second-order valence-electron chi connectivity index (χ2n) is 7.48. The predicted molar refractivity (Wildman–Crippen MR) is 113 cm³/mol. The number of hydrogen-bond acceptors (Lipinski definition) is 5. The van der Waals surface area contributed by atoms with Crippen molar-refractivity contribution in [3.63, 3.8) is 0 Å². The number of fused-ring (bicyclic) bond motifs is 1. The third kappa shape index (κ3) is 5.85. The molecule has 1 atom stereocenters. The Morgan fingerprint density at radius 2 is 1.77 bits per heavy atom. The van der Waals surface area contributed by atoms with Gasteiger partial charge in [0.05, 0.1) is 0 Å². The lowest BCUT2D eigenvalue weighted by molar-refractivity contribution is -0.141. The largest absolute Gasteiger partial charge is 0.480 e. The van der Waals surface area contributed by atoms with Crippen molar-refractivity contribution in [1.82, 2.24) is 10.6 Å². The summed E-state index contributed by atoms with van der Waals surface area (Å²) in [5.41, 5.74) is 0.866. The minimum absolute atomic E-state index is 0.0570. The van der Waals surface area contributed by atoms with Crippen LogP contribution in [0.1, 0.15) is 36.2 Å². The molecule has 0 bridgehead atoms. The summed E-state index contributed by atoms with van der Waals surface area (Å²) in [6.45, 7) is 3.83. The van der Waals surface area contributed by atoms with Crippen LogP contribution in [-0.4, -0.2) is 35.7 Å². The molecule has 0 aromatic heterocycles. The molecular weight excluding hydrogens is 400 g/mol. The van der Waals surface area contributed by atoms with Crippen LogP contribution in [0.25, 0.3) is 6.08 Å². The fourth-order valence-electron chi connectivity index (χ4n) is 3.04. The van der Waals surface area contributed by atoms with Crippen molar-refractivity contribution in [2.24, 2.45) is 5.92 Å². The van der Waals surface area contributed by atoms with Crippen LogP contribution in [0.5, 0.6) is 11.5 Å². The Balaban J connectivity index is 1.88. The van der Waals surface area contributed by atoms with Crippen molar-refractivity contribution in [3.05, 3.63) is 65.4 Å². The van der Waals surface area contributed by atoms with E-state index in [1.54, 1.807) is 48.5 Å². The molecule has 0 saturated heterocycles. The molecule has 2 aromatic carbocycles. The van der Waals surface area contributed by atoms with Crippen LogP contribution >= 0.6 is 0 Å². The van der Waals surface area contributed by atoms with E-state index < -0.39 is 23.8 Å². The molecule has 0 spiro atoms. The molecular formula is C23H24N2O6. The lowest BCUT2D eigenvalue weighted by Crippen LogP contribution is -2.45. The maximum atomic E-state index is 12.9. The summed E-state index contributed by atoms with van der Waals surface area (Å²) in [5, 5.41) is 14.5. The van der Waals surface area contributed by atoms with Crippen LogP contribution in [0.4, 0.5) is 0 Å². The highest BCUT2D eigenvalue weighted by Crippen LogP contribution is 2.33. The molecule has 0 radical (unpaired) electrons. The first-order chi connectivity index (χ1) is 14.8. The molecule has 8 heteroatoms. The van der Waals surface area contributed by atoms with Crippen molar-refractivity contribution >= 4 is 23.9 Å². The average molecular weight is 424 g/mol. The molecule has 162 valence electrons. The number of rotatable bonds is 8. The minimum Gasteiger partial charge on any atom is -0.480 e. The van der Waals surface area contributed by atoms with Crippen molar-refractivity contribution in [2.45, 2.75) is 26.3 Å². The van der Waals surface area contributed by atoms with Crippen LogP contribution < -0.4 is 20.1 Å². The van der Waals surface area contributed by atoms with Gasteiger partial charge in [0.25, 0.3) is 11.8 Å². The number of ether oxygens (including phenoxy) is 2. The Bertz CT molecular complexity index is 1000. The molecule has 31 heavy (non-hydrogen) atoms. The average Bonchev–Trinajstić information content (AvgIpc) is 3.20. The Labute approximate surface area is 179 Å². The molecule has 1 aliphatic rings. The molecule has 3 rings (SSSR count). The highest BCUT2D eigenvalue weighted by Gasteiger charge is 2.24. The van der Waals surface area contributed by atoms with Crippen LogP contribution in [0.15, 0.2) is 54.2 Å². The van der Waals surface area contributed by atoms with Gasteiger partial charge in [0, 0.05) is 5.56 Å². The number of amides is 2. The van der Waals surface area contributed by atoms with Gasteiger partial charge in [-0.1, -0.05) is 38.1 Å². The van der Waals surface area contributed by atoms with Gasteiger partial charge in [0.2, 0.25) is 6.79 Å². The van der Waals surface area contributed by atoms with Crippen molar-refractivity contribution in [2.75, 3.05) is 6.79 Å². The number of aliphatic carboxylic acids is 1. The summed E-state index contributed by atoms with van der Waals surface area (Å²) in [6.07, 6.45) is 1.72. The number of carbonyl (C=O) groups is 3. The summed E-state index contributed by atoms with van der Waals surface area (Å²) < 4.78 is 10.6. The Morgan fingerprint density at radius 1 is 1.06 bits per heavy atom. The smallest absolute Gasteiger partial charge is 0.326 e. The van der Waals surface area contributed by atoms with Crippen LogP contribution in [-0.2, 0) is 9.59 Å². The summed E-state index contributed by atoms with van der Waals surface area (Å²) in [5.74, 6) is -1.17. The lowest BCUT2D eigenvalue weighted by Gasteiger charge is -2.18. The third-order valence-corrected chi connectivity index (χ3v) is 4.55. The number of carboxylic acids is 1. The Kier molecular flexibility index (Phi) is 6.92. The van der Waals surface area contributed by atoms with Crippen LogP contribution in [0.3, 0.4) is 0 Å². The molecule has 1 aliphatic heterocycles. The third-order valence-electron chi connectivity index (χ3n) is 4.55. The monoisotopic (exact) mass is 424 g/mol. The second-order valence-corrected chi connectivity index (χ2v) is 7.48. The van der Waals surface area contributed by atoms with Crippen molar-refractivity contribution < 1.29 is 29.0 Å². The number of carbonyl (C=O) groups excluding carboxylic acids is 2. The lowest BCUT2D eigenvalue weighted by atomic mass is 10.0. The zero-order valence-corrected chi connectivity index (χ0v) is 17.3. The first-order valence-corrected chi connectivity index (χ1v) is 9.85. The molecule has 8 nitrogen and oxygen atoms in total. The molecule has 0 fully saturated rings. The van der Waals surface area contributed by atoms with Crippen LogP contribution in [0, 0.1) is 5.92 Å².